The summed E-state index contributed by atoms with van der Waals surface area (Å²) in [5.41, 5.74) is 6.90. The molecule has 0 aliphatic heterocycles. The van der Waals surface area contributed by atoms with Crippen molar-refractivity contribution in [2.45, 2.75) is 11.0 Å². The second-order valence-corrected chi connectivity index (χ2v) is 4.32. The molecular weight excluding hydrogens is 251 g/mol. The van der Waals surface area contributed by atoms with Crippen LogP contribution in [0.5, 0.6) is 0 Å². The number of hydrogen-bond acceptors (Lipinski definition) is 4. The van der Waals surface area contributed by atoms with Crippen molar-refractivity contribution in [1.82, 2.24) is 4.98 Å². The van der Waals surface area contributed by atoms with Crippen LogP contribution < -0.4 is 5.73 Å². The maximum atomic E-state index is 13.2. The van der Waals surface area contributed by atoms with E-state index in [1.54, 1.807) is 12.3 Å². The van der Waals surface area contributed by atoms with E-state index in [2.05, 4.69) is 16.8 Å². The molecular formula is C13H11FN2OS. The van der Waals surface area contributed by atoms with E-state index in [9.17, 15) is 4.39 Å². The van der Waals surface area contributed by atoms with Crippen molar-refractivity contribution in [3.05, 3.63) is 47.6 Å². The molecule has 0 bridgehead atoms. The van der Waals surface area contributed by atoms with E-state index in [-0.39, 0.29) is 12.4 Å². The lowest BCUT2D eigenvalue weighted by Crippen LogP contribution is -1.95. The van der Waals surface area contributed by atoms with Gasteiger partial charge in [0.15, 0.2) is 0 Å². The molecule has 1 aromatic heterocycles. The Morgan fingerprint density at radius 2 is 2.33 bits per heavy atom. The van der Waals surface area contributed by atoms with Gasteiger partial charge in [-0.15, -0.1) is 0 Å². The van der Waals surface area contributed by atoms with Crippen LogP contribution in [0.1, 0.15) is 11.1 Å². The first-order valence-corrected chi connectivity index (χ1v) is 6.28. The minimum atomic E-state index is -0.304. The molecule has 1 aromatic carbocycles. The molecule has 5 heteroatoms. The first kappa shape index (κ1) is 12.7. The number of thioether (sulfide) groups is 1. The van der Waals surface area contributed by atoms with Gasteiger partial charge in [-0.05, 0) is 17.7 Å². The first-order chi connectivity index (χ1) is 8.79. The monoisotopic (exact) mass is 262 g/mol. The van der Waals surface area contributed by atoms with Crippen molar-refractivity contribution >= 4 is 11.8 Å². The first-order valence-electron chi connectivity index (χ1n) is 5.29. The summed E-state index contributed by atoms with van der Waals surface area (Å²) in [6, 6.07) is 4.54. The van der Waals surface area contributed by atoms with Crippen LogP contribution in [0.2, 0.25) is 0 Å². The van der Waals surface area contributed by atoms with Crippen LogP contribution in [0, 0.1) is 17.7 Å². The zero-order valence-corrected chi connectivity index (χ0v) is 10.3. The predicted molar refractivity (Wildman–Crippen MR) is 68.4 cm³/mol. The molecule has 92 valence electrons. The summed E-state index contributed by atoms with van der Waals surface area (Å²) in [6.45, 7) is 0.253. The molecule has 0 unspecified atom stereocenters. The average Bonchev–Trinajstić information content (AvgIpc) is 2.88. The molecule has 0 aliphatic carbocycles. The minimum absolute atomic E-state index is 0.253. The molecule has 0 saturated heterocycles. The molecule has 0 spiro atoms. The summed E-state index contributed by atoms with van der Waals surface area (Å²) in [5, 5.41) is 0.581. The Balaban J connectivity index is 2.16. The Bertz CT molecular complexity index is 572. The molecule has 2 aromatic rings. The molecule has 3 nitrogen and oxygen atoms in total. The van der Waals surface area contributed by atoms with E-state index in [0.29, 0.717) is 16.5 Å². The zero-order chi connectivity index (χ0) is 12.8. The predicted octanol–water partition coefficient (Wildman–Crippen LogP) is 2.42. The SMILES string of the molecule is NCC#Cc1cc(F)ccc1CSc1ncco1. The fraction of sp³-hybridized carbons (Fsp3) is 0.154. The van der Waals surface area contributed by atoms with Crippen molar-refractivity contribution in [1.29, 1.82) is 0 Å². The van der Waals surface area contributed by atoms with Gasteiger partial charge in [-0.1, -0.05) is 29.7 Å². The third-order valence-electron chi connectivity index (χ3n) is 2.16. The van der Waals surface area contributed by atoms with Gasteiger partial charge in [-0.3, -0.25) is 0 Å². The minimum Gasteiger partial charge on any atom is -0.440 e. The smallest absolute Gasteiger partial charge is 0.255 e. The van der Waals surface area contributed by atoms with Crippen LogP contribution in [0.3, 0.4) is 0 Å². The Kier molecular flexibility index (Phi) is 4.40. The topological polar surface area (TPSA) is 52.0 Å². The quantitative estimate of drug-likeness (QED) is 0.681. The molecule has 1 heterocycles. The third-order valence-corrected chi connectivity index (χ3v) is 3.06. The number of benzene rings is 1. The standard InChI is InChI=1S/C13H11FN2OS/c14-12-4-3-11(10(8-12)2-1-5-15)9-18-13-16-6-7-17-13/h3-4,6-8H,5,9,15H2. The highest BCUT2D eigenvalue weighted by atomic mass is 32.2. The van der Waals surface area contributed by atoms with Crippen molar-refractivity contribution < 1.29 is 8.81 Å². The maximum Gasteiger partial charge on any atom is 0.255 e. The van der Waals surface area contributed by atoms with E-state index in [1.807, 2.05) is 0 Å². The van der Waals surface area contributed by atoms with Crippen LogP contribution in [-0.2, 0) is 5.75 Å². The van der Waals surface area contributed by atoms with Gasteiger partial charge in [0.25, 0.3) is 5.22 Å². The normalized spacial score (nSPS) is 9.89. The number of nitrogens with two attached hydrogens (primary N) is 1. The summed E-state index contributed by atoms with van der Waals surface area (Å²) >= 11 is 1.43. The van der Waals surface area contributed by atoms with Crippen LogP contribution >= 0.6 is 11.8 Å². The van der Waals surface area contributed by atoms with Gasteiger partial charge in [0.05, 0.1) is 12.7 Å². The van der Waals surface area contributed by atoms with Crippen LogP contribution in [0.25, 0.3) is 0 Å². The Hall–Kier alpha value is -1.77. The Morgan fingerprint density at radius 3 is 3.06 bits per heavy atom. The number of nitrogens with zero attached hydrogens (tertiary/aromatic N) is 1. The van der Waals surface area contributed by atoms with Gasteiger partial charge in [0.2, 0.25) is 0 Å². The van der Waals surface area contributed by atoms with Crippen molar-refractivity contribution in [2.24, 2.45) is 5.73 Å². The molecule has 0 amide bonds. The van der Waals surface area contributed by atoms with Crippen LogP contribution in [0.15, 0.2) is 40.3 Å². The highest BCUT2D eigenvalue weighted by molar-refractivity contribution is 7.98. The van der Waals surface area contributed by atoms with Crippen molar-refractivity contribution in [2.75, 3.05) is 6.54 Å². The van der Waals surface area contributed by atoms with E-state index in [1.165, 1.54) is 30.2 Å². The van der Waals surface area contributed by atoms with E-state index in [0.717, 1.165) is 5.56 Å². The highest BCUT2D eigenvalue weighted by Crippen LogP contribution is 2.23. The summed E-state index contributed by atoms with van der Waals surface area (Å²) in [5.74, 6) is 5.91. The highest BCUT2D eigenvalue weighted by Gasteiger charge is 2.05. The average molecular weight is 262 g/mol. The second-order valence-electron chi connectivity index (χ2n) is 3.39. The third kappa shape index (κ3) is 3.36. The molecule has 0 saturated carbocycles. The van der Waals surface area contributed by atoms with E-state index >= 15 is 0 Å². The summed E-state index contributed by atoms with van der Waals surface area (Å²) in [6.07, 6.45) is 3.10. The molecule has 0 aliphatic rings. The van der Waals surface area contributed by atoms with Gasteiger partial charge in [-0.25, -0.2) is 9.37 Å². The summed E-state index contributed by atoms with van der Waals surface area (Å²) in [4.78, 5) is 4.01. The number of oxazole rings is 1. The van der Waals surface area contributed by atoms with Gasteiger partial charge >= 0.3 is 0 Å². The number of hydrogen-bond donors (Lipinski definition) is 1. The van der Waals surface area contributed by atoms with E-state index in [4.69, 9.17) is 10.2 Å². The molecule has 0 atom stereocenters. The largest absolute Gasteiger partial charge is 0.440 e. The number of halogens is 1. The fourth-order valence-electron chi connectivity index (χ4n) is 1.36. The van der Waals surface area contributed by atoms with Crippen molar-refractivity contribution in [3.63, 3.8) is 0 Å². The summed E-state index contributed by atoms with van der Waals surface area (Å²) in [7, 11) is 0. The zero-order valence-electron chi connectivity index (χ0n) is 9.52. The lowest BCUT2D eigenvalue weighted by Gasteiger charge is -2.03. The van der Waals surface area contributed by atoms with Crippen LogP contribution in [-0.4, -0.2) is 11.5 Å². The van der Waals surface area contributed by atoms with Gasteiger partial charge in [-0.2, -0.15) is 0 Å². The molecule has 0 radical (unpaired) electrons. The Labute approximate surface area is 109 Å². The van der Waals surface area contributed by atoms with Gasteiger partial charge in [0.1, 0.15) is 12.1 Å². The summed E-state index contributed by atoms with van der Waals surface area (Å²) < 4.78 is 18.3. The molecule has 2 N–H and O–H groups in total. The van der Waals surface area contributed by atoms with Gasteiger partial charge < -0.3 is 10.2 Å². The lowest BCUT2D eigenvalue weighted by molar-refractivity contribution is 0.454. The second kappa shape index (κ2) is 6.24. The molecule has 0 fully saturated rings. The van der Waals surface area contributed by atoms with Crippen LogP contribution in [0.4, 0.5) is 4.39 Å². The number of aromatic nitrogens is 1. The fourth-order valence-corrected chi connectivity index (χ4v) is 2.15. The maximum absolute atomic E-state index is 13.2. The van der Waals surface area contributed by atoms with Gasteiger partial charge in [0, 0.05) is 11.3 Å². The Morgan fingerprint density at radius 1 is 1.44 bits per heavy atom. The number of rotatable bonds is 3. The van der Waals surface area contributed by atoms with E-state index < -0.39 is 0 Å². The molecule has 2 rings (SSSR count). The van der Waals surface area contributed by atoms with Crippen molar-refractivity contribution in [3.8, 4) is 11.8 Å². The lowest BCUT2D eigenvalue weighted by atomic mass is 10.1. The molecule has 18 heavy (non-hydrogen) atoms.